The molecular weight excluding hydrogens is 156 g/mol. The average molecular weight is 170 g/mol. The fourth-order valence-electron chi connectivity index (χ4n) is 1.30. The van der Waals surface area contributed by atoms with Crippen molar-refractivity contribution in [3.8, 4) is 0 Å². The number of ether oxygens (including phenoxy) is 1. The maximum Gasteiger partial charge on any atom is 0.311 e. The van der Waals surface area contributed by atoms with Crippen LogP contribution in [0, 0.1) is 5.92 Å². The van der Waals surface area contributed by atoms with E-state index in [1.165, 1.54) is 0 Å². The first kappa shape index (κ1) is 9.26. The SMILES string of the molecule is CCOC(=O)[C@H]1CC=CC[C@@H]1O. The molecule has 1 aliphatic rings. The smallest absolute Gasteiger partial charge is 0.311 e. The van der Waals surface area contributed by atoms with Crippen LogP contribution >= 0.6 is 0 Å². The van der Waals surface area contributed by atoms with Gasteiger partial charge in [-0.25, -0.2) is 0 Å². The molecule has 68 valence electrons. The molecule has 0 heterocycles. The van der Waals surface area contributed by atoms with E-state index >= 15 is 0 Å². The molecule has 0 saturated carbocycles. The van der Waals surface area contributed by atoms with Crippen LogP contribution in [-0.2, 0) is 9.53 Å². The summed E-state index contributed by atoms with van der Waals surface area (Å²) >= 11 is 0. The molecule has 3 nitrogen and oxygen atoms in total. The van der Waals surface area contributed by atoms with Gasteiger partial charge >= 0.3 is 5.97 Å². The van der Waals surface area contributed by atoms with E-state index in [0.29, 0.717) is 19.4 Å². The predicted molar refractivity (Wildman–Crippen MR) is 44.5 cm³/mol. The van der Waals surface area contributed by atoms with Crippen LogP contribution in [0.25, 0.3) is 0 Å². The van der Waals surface area contributed by atoms with E-state index in [-0.39, 0.29) is 11.9 Å². The molecule has 0 saturated heterocycles. The van der Waals surface area contributed by atoms with E-state index in [1.54, 1.807) is 6.92 Å². The molecule has 0 unspecified atom stereocenters. The highest BCUT2D eigenvalue weighted by Gasteiger charge is 2.27. The third-order valence-corrected chi connectivity index (χ3v) is 1.99. The largest absolute Gasteiger partial charge is 0.466 e. The number of carbonyl (C=O) groups is 1. The molecular formula is C9H14O3. The molecule has 0 fully saturated rings. The molecule has 1 rings (SSSR count). The van der Waals surface area contributed by atoms with Crippen LogP contribution in [0.5, 0.6) is 0 Å². The van der Waals surface area contributed by atoms with E-state index in [0.717, 1.165) is 0 Å². The maximum atomic E-state index is 11.2. The minimum Gasteiger partial charge on any atom is -0.466 e. The van der Waals surface area contributed by atoms with Crippen LogP contribution in [0.1, 0.15) is 19.8 Å². The van der Waals surface area contributed by atoms with Crippen molar-refractivity contribution in [2.45, 2.75) is 25.9 Å². The van der Waals surface area contributed by atoms with Crippen molar-refractivity contribution < 1.29 is 14.6 Å². The van der Waals surface area contributed by atoms with Gasteiger partial charge in [-0.2, -0.15) is 0 Å². The summed E-state index contributed by atoms with van der Waals surface area (Å²) in [4.78, 5) is 11.2. The molecule has 0 amide bonds. The zero-order valence-electron chi connectivity index (χ0n) is 7.19. The van der Waals surface area contributed by atoms with Crippen molar-refractivity contribution in [3.63, 3.8) is 0 Å². The molecule has 0 aromatic rings. The second-order valence-electron chi connectivity index (χ2n) is 2.87. The lowest BCUT2D eigenvalue weighted by Crippen LogP contribution is -2.30. The normalized spacial score (nSPS) is 28.5. The van der Waals surface area contributed by atoms with Gasteiger partial charge in [0.25, 0.3) is 0 Å². The van der Waals surface area contributed by atoms with Gasteiger partial charge in [-0.1, -0.05) is 12.2 Å². The van der Waals surface area contributed by atoms with Gasteiger partial charge in [0.15, 0.2) is 0 Å². The Morgan fingerprint density at radius 2 is 2.25 bits per heavy atom. The van der Waals surface area contributed by atoms with Gasteiger partial charge in [-0.3, -0.25) is 4.79 Å². The lowest BCUT2D eigenvalue weighted by Gasteiger charge is -2.21. The van der Waals surface area contributed by atoms with Gasteiger partial charge in [-0.05, 0) is 19.8 Å². The third kappa shape index (κ3) is 2.08. The van der Waals surface area contributed by atoms with Crippen molar-refractivity contribution >= 4 is 5.97 Å². The van der Waals surface area contributed by atoms with E-state index in [1.807, 2.05) is 12.2 Å². The Hall–Kier alpha value is -0.830. The van der Waals surface area contributed by atoms with Gasteiger partial charge in [0.2, 0.25) is 0 Å². The van der Waals surface area contributed by atoms with Crippen molar-refractivity contribution in [1.82, 2.24) is 0 Å². The van der Waals surface area contributed by atoms with E-state index in [9.17, 15) is 9.90 Å². The second kappa shape index (κ2) is 4.26. The lowest BCUT2D eigenvalue weighted by atomic mass is 9.91. The van der Waals surface area contributed by atoms with Crippen molar-refractivity contribution in [1.29, 1.82) is 0 Å². The minimum absolute atomic E-state index is 0.283. The maximum absolute atomic E-state index is 11.2. The van der Waals surface area contributed by atoms with Crippen molar-refractivity contribution in [2.75, 3.05) is 6.61 Å². The lowest BCUT2D eigenvalue weighted by molar-refractivity contribution is -0.152. The highest BCUT2D eigenvalue weighted by Crippen LogP contribution is 2.20. The first-order chi connectivity index (χ1) is 5.75. The molecule has 2 atom stereocenters. The minimum atomic E-state index is -0.561. The summed E-state index contributed by atoms with van der Waals surface area (Å²) < 4.78 is 4.82. The molecule has 0 aromatic carbocycles. The van der Waals surface area contributed by atoms with Gasteiger partial charge in [0.1, 0.15) is 0 Å². The van der Waals surface area contributed by atoms with Crippen molar-refractivity contribution in [2.24, 2.45) is 5.92 Å². The molecule has 12 heavy (non-hydrogen) atoms. The summed E-state index contributed by atoms with van der Waals surface area (Å²) in [5.41, 5.74) is 0. The zero-order chi connectivity index (χ0) is 8.97. The topological polar surface area (TPSA) is 46.5 Å². The summed E-state index contributed by atoms with van der Waals surface area (Å²) in [5, 5.41) is 9.41. The molecule has 0 bridgehead atoms. The Labute approximate surface area is 72.0 Å². The highest BCUT2D eigenvalue weighted by molar-refractivity contribution is 5.73. The second-order valence-corrected chi connectivity index (χ2v) is 2.87. The standard InChI is InChI=1S/C9H14O3/c1-2-12-9(11)7-5-3-4-6-8(7)10/h3-4,7-8,10H,2,5-6H2,1H3/t7-,8-/m0/s1. The number of rotatable bonds is 2. The number of aliphatic hydroxyl groups is 1. The monoisotopic (exact) mass is 170 g/mol. The number of allylic oxidation sites excluding steroid dienone is 1. The first-order valence-electron chi connectivity index (χ1n) is 4.25. The van der Waals surface area contributed by atoms with Crippen LogP contribution < -0.4 is 0 Å². The molecule has 0 aromatic heterocycles. The Balaban J connectivity index is 2.49. The van der Waals surface area contributed by atoms with Gasteiger partial charge < -0.3 is 9.84 Å². The van der Waals surface area contributed by atoms with Crippen LogP contribution in [0.3, 0.4) is 0 Å². The Morgan fingerprint density at radius 1 is 1.58 bits per heavy atom. The third-order valence-electron chi connectivity index (χ3n) is 1.99. The highest BCUT2D eigenvalue weighted by atomic mass is 16.5. The number of carbonyl (C=O) groups excluding carboxylic acids is 1. The van der Waals surface area contributed by atoms with Gasteiger partial charge in [0, 0.05) is 0 Å². The fourth-order valence-corrected chi connectivity index (χ4v) is 1.30. The van der Waals surface area contributed by atoms with Gasteiger partial charge in [-0.15, -0.1) is 0 Å². The summed E-state index contributed by atoms with van der Waals surface area (Å²) in [6.07, 6.45) is 4.40. The fraction of sp³-hybridized carbons (Fsp3) is 0.667. The molecule has 0 aliphatic heterocycles. The number of hydrogen-bond acceptors (Lipinski definition) is 3. The van der Waals surface area contributed by atoms with Crippen LogP contribution in [0.2, 0.25) is 0 Å². The summed E-state index contributed by atoms with van der Waals surface area (Å²) in [6, 6.07) is 0. The Morgan fingerprint density at radius 3 is 2.83 bits per heavy atom. The predicted octanol–water partition coefficient (Wildman–Crippen LogP) is 0.877. The molecule has 1 N–H and O–H groups in total. The Bertz CT molecular complexity index is 186. The number of esters is 1. The van der Waals surface area contributed by atoms with E-state index in [4.69, 9.17) is 4.74 Å². The number of hydrogen-bond donors (Lipinski definition) is 1. The van der Waals surface area contributed by atoms with E-state index in [2.05, 4.69) is 0 Å². The van der Waals surface area contributed by atoms with Crippen LogP contribution in [-0.4, -0.2) is 23.8 Å². The molecule has 0 spiro atoms. The summed E-state index contributed by atoms with van der Waals surface area (Å²) in [6.45, 7) is 2.15. The first-order valence-corrected chi connectivity index (χ1v) is 4.25. The average Bonchev–Trinajstić information content (AvgIpc) is 2.05. The quantitative estimate of drug-likeness (QED) is 0.494. The zero-order valence-corrected chi connectivity index (χ0v) is 7.19. The molecule has 3 heteroatoms. The Kier molecular flexibility index (Phi) is 3.29. The summed E-state index contributed by atoms with van der Waals surface area (Å²) in [5.74, 6) is -0.635. The number of aliphatic hydroxyl groups excluding tert-OH is 1. The summed E-state index contributed by atoms with van der Waals surface area (Å²) in [7, 11) is 0. The molecule has 1 aliphatic carbocycles. The molecule has 0 radical (unpaired) electrons. The van der Waals surface area contributed by atoms with Gasteiger partial charge in [0.05, 0.1) is 18.6 Å². The van der Waals surface area contributed by atoms with E-state index < -0.39 is 6.10 Å². The van der Waals surface area contributed by atoms with Crippen LogP contribution in [0.15, 0.2) is 12.2 Å². The van der Waals surface area contributed by atoms with Crippen LogP contribution in [0.4, 0.5) is 0 Å². The van der Waals surface area contributed by atoms with Crippen molar-refractivity contribution in [3.05, 3.63) is 12.2 Å².